The molecule has 0 fully saturated rings. The molecule has 0 aromatic heterocycles. The second-order valence-electron chi connectivity index (χ2n) is 7.61. The molecule has 0 aliphatic heterocycles. The first-order valence-corrected chi connectivity index (χ1v) is 10.3. The second kappa shape index (κ2) is 9.93. The van der Waals surface area contributed by atoms with E-state index >= 15 is 0 Å². The van der Waals surface area contributed by atoms with Crippen molar-refractivity contribution < 1.29 is 37.4 Å². The van der Waals surface area contributed by atoms with Crippen molar-refractivity contribution in [1.82, 2.24) is 10.6 Å². The van der Waals surface area contributed by atoms with Crippen molar-refractivity contribution in [3.05, 3.63) is 59.7 Å². The van der Waals surface area contributed by atoms with Gasteiger partial charge in [0.05, 0.1) is 0 Å². The number of hydrogen-bond donors (Lipinski definition) is 3. The minimum atomic E-state index is -5.01. The van der Waals surface area contributed by atoms with Crippen molar-refractivity contribution in [1.29, 1.82) is 0 Å². The molecule has 0 saturated heterocycles. The molecule has 2 aromatic rings. The van der Waals surface area contributed by atoms with Crippen LogP contribution in [0, 0.1) is 5.92 Å². The zero-order valence-electron chi connectivity index (χ0n) is 17.7. The number of fused-ring (bicyclic) bond motifs is 3. The van der Waals surface area contributed by atoms with Crippen molar-refractivity contribution in [3.8, 4) is 11.1 Å². The van der Waals surface area contributed by atoms with Crippen molar-refractivity contribution in [2.75, 3.05) is 13.2 Å². The molecule has 1 unspecified atom stereocenters. The number of ether oxygens (including phenoxy) is 1. The van der Waals surface area contributed by atoms with Crippen LogP contribution in [0.1, 0.15) is 30.4 Å². The van der Waals surface area contributed by atoms with Gasteiger partial charge in [-0.2, -0.15) is 13.2 Å². The number of carbonyl (C=O) groups is 3. The van der Waals surface area contributed by atoms with E-state index in [9.17, 15) is 27.6 Å². The van der Waals surface area contributed by atoms with Gasteiger partial charge < -0.3 is 20.5 Å². The third-order valence-corrected chi connectivity index (χ3v) is 5.53. The molecule has 1 aliphatic carbocycles. The summed E-state index contributed by atoms with van der Waals surface area (Å²) in [6.45, 7) is 0.417. The number of hydrogen-bond acceptors (Lipinski definition) is 4. The van der Waals surface area contributed by atoms with E-state index in [1.165, 1.54) is 0 Å². The van der Waals surface area contributed by atoms with E-state index in [2.05, 4.69) is 5.32 Å². The third-order valence-electron chi connectivity index (χ3n) is 5.53. The van der Waals surface area contributed by atoms with Gasteiger partial charge in [-0.3, -0.25) is 9.59 Å². The predicted octanol–water partition coefficient (Wildman–Crippen LogP) is 3.68. The number of nitrogens with one attached hydrogen (secondary N) is 2. The smallest absolute Gasteiger partial charge is 0.407 e. The summed E-state index contributed by atoms with van der Waals surface area (Å²) in [7, 11) is 0. The summed E-state index contributed by atoms with van der Waals surface area (Å²) < 4.78 is 43.6. The number of alkyl carbamates (subject to hydrolysis) is 1. The summed E-state index contributed by atoms with van der Waals surface area (Å²) in [5.41, 5.74) is 4.10. The van der Waals surface area contributed by atoms with E-state index in [-0.39, 0.29) is 18.9 Å². The van der Waals surface area contributed by atoms with E-state index in [4.69, 9.17) is 9.84 Å². The van der Waals surface area contributed by atoms with Gasteiger partial charge in [0.1, 0.15) is 12.6 Å². The van der Waals surface area contributed by atoms with Crippen LogP contribution in [-0.2, 0) is 14.3 Å². The Bertz CT molecular complexity index is 995. The molecular formula is C23H23F3N2O5. The Morgan fingerprint density at radius 3 is 2.06 bits per heavy atom. The monoisotopic (exact) mass is 464 g/mol. The van der Waals surface area contributed by atoms with Gasteiger partial charge in [0.15, 0.2) is 5.92 Å². The van der Waals surface area contributed by atoms with Crippen LogP contribution in [0.2, 0.25) is 0 Å². The highest BCUT2D eigenvalue weighted by Gasteiger charge is 2.45. The van der Waals surface area contributed by atoms with Gasteiger partial charge in [-0.15, -0.1) is 0 Å². The molecule has 0 heterocycles. The van der Waals surface area contributed by atoms with Crippen LogP contribution in [0.4, 0.5) is 18.0 Å². The number of carboxylic acid groups (broad SMARTS) is 1. The Morgan fingerprint density at radius 2 is 1.58 bits per heavy atom. The molecular weight excluding hydrogens is 441 g/mol. The Hall–Kier alpha value is -3.56. The average Bonchev–Trinajstić information content (AvgIpc) is 3.08. The van der Waals surface area contributed by atoms with Crippen molar-refractivity contribution in [2.45, 2.75) is 31.5 Å². The Morgan fingerprint density at radius 1 is 1.03 bits per heavy atom. The topological polar surface area (TPSA) is 105 Å². The molecule has 2 atom stereocenters. The fourth-order valence-electron chi connectivity index (χ4n) is 3.80. The molecule has 3 rings (SSSR count). The summed E-state index contributed by atoms with van der Waals surface area (Å²) in [5, 5.41) is 13.0. The molecule has 0 radical (unpaired) electrons. The first-order chi connectivity index (χ1) is 15.6. The minimum absolute atomic E-state index is 0.00702. The van der Waals surface area contributed by atoms with Crippen molar-refractivity contribution >= 4 is 18.0 Å². The highest BCUT2D eigenvalue weighted by atomic mass is 19.4. The maximum absolute atomic E-state index is 12.8. The quantitative estimate of drug-likeness (QED) is 0.553. The van der Waals surface area contributed by atoms with E-state index in [1.807, 2.05) is 53.8 Å². The summed E-state index contributed by atoms with van der Waals surface area (Å²) in [6.07, 6.45) is -5.84. The standard InChI is InChI=1S/C23H23F3N2O5/c1-2-19(20(29)27-11-18(21(30)31)23(24,25)26)28-22(32)33-12-17-15-9-5-3-7-13(15)14-8-4-6-10-16(14)17/h3-10,17-19H,2,11-12H2,1H3,(H,27,29)(H,28,32)(H,30,31)/t18?,19-/m1/s1. The molecule has 0 spiro atoms. The highest BCUT2D eigenvalue weighted by Crippen LogP contribution is 2.44. The number of carboxylic acids is 1. The number of aliphatic carboxylic acids is 1. The van der Waals surface area contributed by atoms with Gasteiger partial charge in [0.2, 0.25) is 5.91 Å². The van der Waals surface area contributed by atoms with E-state index in [1.54, 1.807) is 6.92 Å². The molecule has 3 N–H and O–H groups in total. The van der Waals surface area contributed by atoms with Gasteiger partial charge in [0.25, 0.3) is 0 Å². The van der Waals surface area contributed by atoms with Crippen LogP contribution in [0.25, 0.3) is 11.1 Å². The zero-order chi connectivity index (χ0) is 24.2. The first-order valence-electron chi connectivity index (χ1n) is 10.3. The summed E-state index contributed by atoms with van der Waals surface area (Å²) >= 11 is 0. The molecule has 2 amide bonds. The minimum Gasteiger partial charge on any atom is -0.481 e. The van der Waals surface area contributed by atoms with Crippen LogP contribution in [0.5, 0.6) is 0 Å². The molecule has 0 saturated carbocycles. The number of carbonyl (C=O) groups excluding carboxylic acids is 2. The highest BCUT2D eigenvalue weighted by molar-refractivity contribution is 5.86. The lowest BCUT2D eigenvalue weighted by Crippen LogP contribution is -2.49. The van der Waals surface area contributed by atoms with E-state index in [0.29, 0.717) is 0 Å². The van der Waals surface area contributed by atoms with Crippen LogP contribution in [0.15, 0.2) is 48.5 Å². The third kappa shape index (κ3) is 5.44. The van der Waals surface area contributed by atoms with Gasteiger partial charge in [-0.1, -0.05) is 55.5 Å². The van der Waals surface area contributed by atoms with E-state index < -0.39 is 42.7 Å². The van der Waals surface area contributed by atoms with Gasteiger partial charge in [0, 0.05) is 12.5 Å². The summed E-state index contributed by atoms with van der Waals surface area (Å²) in [6, 6.07) is 14.3. The number of amides is 2. The fourth-order valence-corrected chi connectivity index (χ4v) is 3.80. The van der Waals surface area contributed by atoms with Crippen LogP contribution in [0.3, 0.4) is 0 Å². The Kier molecular flexibility index (Phi) is 7.25. The number of alkyl halides is 3. The van der Waals surface area contributed by atoms with Crippen LogP contribution < -0.4 is 10.6 Å². The lowest BCUT2D eigenvalue weighted by atomic mass is 9.98. The SMILES string of the molecule is CC[C@@H](NC(=O)OCC1c2ccccc2-c2ccccc21)C(=O)NCC(C(=O)O)C(F)(F)F. The van der Waals surface area contributed by atoms with Gasteiger partial charge in [-0.05, 0) is 28.7 Å². The number of halogens is 3. The lowest BCUT2D eigenvalue weighted by molar-refractivity contribution is -0.192. The van der Waals surface area contributed by atoms with Crippen molar-refractivity contribution in [2.24, 2.45) is 5.92 Å². The lowest BCUT2D eigenvalue weighted by Gasteiger charge is -2.20. The maximum atomic E-state index is 12.8. The number of rotatable bonds is 8. The van der Waals surface area contributed by atoms with E-state index in [0.717, 1.165) is 22.3 Å². The molecule has 176 valence electrons. The summed E-state index contributed by atoms with van der Waals surface area (Å²) in [4.78, 5) is 35.3. The zero-order valence-corrected chi connectivity index (χ0v) is 17.7. The summed E-state index contributed by atoms with van der Waals surface area (Å²) in [5.74, 6) is -5.96. The fraction of sp³-hybridized carbons (Fsp3) is 0.348. The van der Waals surface area contributed by atoms with Crippen LogP contribution in [-0.4, -0.2) is 48.4 Å². The van der Waals surface area contributed by atoms with Gasteiger partial charge >= 0.3 is 18.2 Å². The molecule has 0 bridgehead atoms. The number of benzene rings is 2. The Labute approximate surface area is 187 Å². The second-order valence-corrected chi connectivity index (χ2v) is 7.61. The average molecular weight is 464 g/mol. The van der Waals surface area contributed by atoms with Gasteiger partial charge in [-0.25, -0.2) is 4.79 Å². The molecule has 1 aliphatic rings. The van der Waals surface area contributed by atoms with Crippen molar-refractivity contribution in [3.63, 3.8) is 0 Å². The molecule has 10 heteroatoms. The maximum Gasteiger partial charge on any atom is 0.407 e. The molecule has 2 aromatic carbocycles. The predicted molar refractivity (Wildman–Crippen MR) is 112 cm³/mol. The molecule has 7 nitrogen and oxygen atoms in total. The molecule has 33 heavy (non-hydrogen) atoms. The normalized spacial score (nSPS) is 14.5. The first kappa shape index (κ1) is 24.1. The largest absolute Gasteiger partial charge is 0.481 e. The van der Waals surface area contributed by atoms with Crippen LogP contribution >= 0.6 is 0 Å². The Balaban J connectivity index is 1.59.